The van der Waals surface area contributed by atoms with Gasteiger partial charge in [0.1, 0.15) is 6.04 Å². The second-order valence-electron chi connectivity index (χ2n) is 5.65. The molecule has 1 aromatic rings. The van der Waals surface area contributed by atoms with Crippen LogP contribution in [0.25, 0.3) is 0 Å². The van der Waals surface area contributed by atoms with Crippen molar-refractivity contribution < 1.29 is 14.4 Å². The number of imide groups is 1. The molecule has 0 aromatic heterocycles. The zero-order valence-electron chi connectivity index (χ0n) is 12.5. The van der Waals surface area contributed by atoms with Crippen molar-refractivity contribution in [2.75, 3.05) is 20.1 Å². The Hall–Kier alpha value is -2.37. The Morgan fingerprint density at radius 3 is 2.91 bits per heavy atom. The van der Waals surface area contributed by atoms with E-state index in [2.05, 4.69) is 5.32 Å². The highest BCUT2D eigenvalue weighted by molar-refractivity contribution is 6.04. The van der Waals surface area contributed by atoms with Crippen LogP contribution < -0.4 is 5.32 Å². The molecule has 2 fully saturated rings. The number of urea groups is 1. The van der Waals surface area contributed by atoms with Crippen LogP contribution in [0.5, 0.6) is 0 Å². The molecule has 116 valence electrons. The van der Waals surface area contributed by atoms with Crippen molar-refractivity contribution in [1.82, 2.24) is 15.1 Å². The molecule has 0 radical (unpaired) electrons. The lowest BCUT2D eigenvalue weighted by molar-refractivity contribution is -0.127. The molecule has 0 bridgehead atoms. The minimum absolute atomic E-state index is 0.0787. The normalized spacial score (nSPS) is 20.5. The predicted octanol–water partition coefficient (Wildman–Crippen LogP) is 1.02. The van der Waals surface area contributed by atoms with Crippen LogP contribution in [0, 0.1) is 0 Å². The number of hydrogen-bond donors (Lipinski definition) is 1. The van der Waals surface area contributed by atoms with E-state index in [1.165, 1.54) is 4.90 Å². The van der Waals surface area contributed by atoms with Crippen LogP contribution in [0.4, 0.5) is 4.79 Å². The molecule has 22 heavy (non-hydrogen) atoms. The summed E-state index contributed by atoms with van der Waals surface area (Å²) in [5.41, 5.74) is 1.52. The number of carbonyl (C=O) groups excluding carboxylic acids is 3. The van der Waals surface area contributed by atoms with Gasteiger partial charge in [-0.2, -0.15) is 0 Å². The van der Waals surface area contributed by atoms with Crippen LogP contribution in [0.15, 0.2) is 24.3 Å². The Balaban J connectivity index is 1.67. The predicted molar refractivity (Wildman–Crippen MR) is 80.4 cm³/mol. The lowest BCUT2D eigenvalue weighted by Gasteiger charge is -2.15. The summed E-state index contributed by atoms with van der Waals surface area (Å²) in [5, 5.41) is 2.58. The van der Waals surface area contributed by atoms with Gasteiger partial charge in [0.05, 0.1) is 0 Å². The maximum Gasteiger partial charge on any atom is 0.327 e. The van der Waals surface area contributed by atoms with Gasteiger partial charge in [0.25, 0.3) is 11.8 Å². The van der Waals surface area contributed by atoms with Crippen LogP contribution >= 0.6 is 0 Å². The van der Waals surface area contributed by atoms with Crippen molar-refractivity contribution in [3.8, 4) is 0 Å². The summed E-state index contributed by atoms with van der Waals surface area (Å²) in [4.78, 5) is 39.1. The molecule has 6 nitrogen and oxygen atoms in total. The van der Waals surface area contributed by atoms with Crippen LogP contribution in [0.3, 0.4) is 0 Å². The maximum atomic E-state index is 12.2. The SMILES string of the molecule is CNC(=O)c1cccc(CCN2C(=O)[C@H]3CCCN3C2=O)c1. The lowest BCUT2D eigenvalue weighted by atomic mass is 10.1. The fraction of sp³-hybridized carbons (Fsp3) is 0.438. The summed E-state index contributed by atoms with van der Waals surface area (Å²) in [6.07, 6.45) is 2.24. The third-order valence-electron chi connectivity index (χ3n) is 4.32. The Labute approximate surface area is 129 Å². The van der Waals surface area contributed by atoms with Crippen molar-refractivity contribution in [3.63, 3.8) is 0 Å². The molecule has 4 amide bonds. The van der Waals surface area contributed by atoms with Crippen LogP contribution in [-0.4, -0.2) is 53.8 Å². The summed E-state index contributed by atoms with van der Waals surface area (Å²) in [5.74, 6) is -0.222. The minimum Gasteiger partial charge on any atom is -0.355 e. The molecule has 2 aliphatic heterocycles. The van der Waals surface area contributed by atoms with Crippen molar-refractivity contribution in [2.24, 2.45) is 0 Å². The summed E-state index contributed by atoms with van der Waals surface area (Å²) in [6, 6.07) is 6.83. The molecule has 0 saturated carbocycles. The summed E-state index contributed by atoms with van der Waals surface area (Å²) >= 11 is 0. The van der Waals surface area contributed by atoms with Gasteiger partial charge in [-0.15, -0.1) is 0 Å². The molecule has 1 N–H and O–H groups in total. The van der Waals surface area contributed by atoms with Gasteiger partial charge in [-0.05, 0) is 37.0 Å². The van der Waals surface area contributed by atoms with Gasteiger partial charge in [-0.3, -0.25) is 14.5 Å². The fourth-order valence-corrected chi connectivity index (χ4v) is 3.14. The number of rotatable bonds is 4. The summed E-state index contributed by atoms with van der Waals surface area (Å²) < 4.78 is 0. The molecule has 0 spiro atoms. The molecule has 2 aliphatic rings. The average molecular weight is 301 g/mol. The van der Waals surface area contributed by atoms with Crippen LogP contribution in [-0.2, 0) is 11.2 Å². The molecule has 1 aromatic carbocycles. The number of hydrogen-bond acceptors (Lipinski definition) is 3. The van der Waals surface area contributed by atoms with Crippen molar-refractivity contribution in [3.05, 3.63) is 35.4 Å². The lowest BCUT2D eigenvalue weighted by Crippen LogP contribution is -2.34. The van der Waals surface area contributed by atoms with Gasteiger partial charge in [0.15, 0.2) is 0 Å². The van der Waals surface area contributed by atoms with Crippen LogP contribution in [0.2, 0.25) is 0 Å². The number of nitrogens with one attached hydrogen (secondary N) is 1. The van der Waals surface area contributed by atoms with E-state index in [0.717, 1.165) is 18.4 Å². The fourth-order valence-electron chi connectivity index (χ4n) is 3.14. The topological polar surface area (TPSA) is 69.7 Å². The average Bonchev–Trinajstić information content (AvgIpc) is 3.10. The zero-order chi connectivity index (χ0) is 15.7. The Morgan fingerprint density at radius 1 is 1.36 bits per heavy atom. The number of benzene rings is 1. The van der Waals surface area contributed by atoms with Gasteiger partial charge in [0.2, 0.25) is 0 Å². The van der Waals surface area contributed by atoms with Crippen LogP contribution in [0.1, 0.15) is 28.8 Å². The van der Waals surface area contributed by atoms with E-state index >= 15 is 0 Å². The number of nitrogens with zero attached hydrogens (tertiary/aromatic N) is 2. The third kappa shape index (κ3) is 2.45. The van der Waals surface area contributed by atoms with E-state index in [1.807, 2.05) is 12.1 Å². The van der Waals surface area contributed by atoms with Gasteiger partial charge in [0, 0.05) is 25.7 Å². The monoisotopic (exact) mass is 301 g/mol. The second-order valence-corrected chi connectivity index (χ2v) is 5.65. The molecule has 0 aliphatic carbocycles. The first-order valence-corrected chi connectivity index (χ1v) is 7.55. The Morgan fingerprint density at radius 2 is 2.18 bits per heavy atom. The van der Waals surface area contributed by atoms with E-state index in [0.29, 0.717) is 25.1 Å². The van der Waals surface area contributed by atoms with E-state index in [4.69, 9.17) is 0 Å². The summed E-state index contributed by atoms with van der Waals surface area (Å²) in [6.45, 7) is 1.04. The van der Waals surface area contributed by atoms with Crippen molar-refractivity contribution in [1.29, 1.82) is 0 Å². The van der Waals surface area contributed by atoms with Crippen molar-refractivity contribution in [2.45, 2.75) is 25.3 Å². The molecule has 1 atom stereocenters. The van der Waals surface area contributed by atoms with Gasteiger partial charge in [-0.25, -0.2) is 4.79 Å². The highest BCUT2D eigenvalue weighted by Gasteiger charge is 2.46. The molecule has 3 rings (SSSR count). The van der Waals surface area contributed by atoms with E-state index in [1.54, 1.807) is 24.1 Å². The minimum atomic E-state index is -0.246. The molecule has 6 heteroatoms. The Kier molecular flexibility index (Phi) is 3.83. The first-order valence-electron chi connectivity index (χ1n) is 7.55. The van der Waals surface area contributed by atoms with E-state index < -0.39 is 0 Å². The summed E-state index contributed by atoms with van der Waals surface area (Å²) in [7, 11) is 1.59. The zero-order valence-corrected chi connectivity index (χ0v) is 12.5. The molecular weight excluding hydrogens is 282 g/mol. The Bertz CT molecular complexity index is 607. The number of fused-ring (bicyclic) bond motifs is 1. The van der Waals surface area contributed by atoms with Crippen molar-refractivity contribution >= 4 is 17.8 Å². The number of carbonyl (C=O) groups is 3. The van der Waals surface area contributed by atoms with Gasteiger partial charge >= 0.3 is 6.03 Å². The van der Waals surface area contributed by atoms with E-state index in [9.17, 15) is 14.4 Å². The van der Waals surface area contributed by atoms with Gasteiger partial charge in [-0.1, -0.05) is 12.1 Å². The van der Waals surface area contributed by atoms with E-state index in [-0.39, 0.29) is 23.9 Å². The molecule has 2 saturated heterocycles. The maximum absolute atomic E-state index is 12.2. The molecular formula is C16H19N3O3. The first-order chi connectivity index (χ1) is 10.6. The standard InChI is InChI=1S/C16H19N3O3/c1-17-14(20)12-5-2-4-11(10-12)7-9-19-15(21)13-6-3-8-18(13)16(19)22/h2,4-5,10,13H,3,6-9H2,1H3,(H,17,20)/t13-/m1/s1. The second kappa shape index (κ2) is 5.79. The third-order valence-corrected chi connectivity index (χ3v) is 4.32. The molecule has 2 heterocycles. The largest absolute Gasteiger partial charge is 0.355 e. The number of amides is 4. The smallest absolute Gasteiger partial charge is 0.327 e. The molecule has 0 unspecified atom stereocenters. The first kappa shape index (κ1) is 14.6. The highest BCUT2D eigenvalue weighted by Crippen LogP contribution is 2.27. The quantitative estimate of drug-likeness (QED) is 0.844. The highest BCUT2D eigenvalue weighted by atomic mass is 16.2. The van der Waals surface area contributed by atoms with Gasteiger partial charge < -0.3 is 10.2 Å².